The van der Waals surface area contributed by atoms with Crippen molar-refractivity contribution < 1.29 is 9.53 Å². The van der Waals surface area contributed by atoms with Gasteiger partial charge in [0, 0.05) is 41.9 Å². The summed E-state index contributed by atoms with van der Waals surface area (Å²) in [7, 11) is 2.10. The first-order valence-corrected chi connectivity index (χ1v) is 15.0. The second kappa shape index (κ2) is 11.9. The van der Waals surface area contributed by atoms with Gasteiger partial charge in [0.05, 0.1) is 17.4 Å². The van der Waals surface area contributed by atoms with Crippen LogP contribution in [0.5, 0.6) is 11.8 Å². The summed E-state index contributed by atoms with van der Waals surface area (Å²) in [5, 5.41) is 9.02. The maximum atomic E-state index is 12.9. The summed E-state index contributed by atoms with van der Waals surface area (Å²) in [6, 6.07) is 24.9. The lowest BCUT2D eigenvalue weighted by atomic mass is 10.1. The molecule has 9 nitrogen and oxygen atoms in total. The lowest BCUT2D eigenvalue weighted by Gasteiger charge is -2.32. The predicted octanol–water partition coefficient (Wildman–Crippen LogP) is 5.50. The number of likely N-dealkylation sites (N-methyl/N-ethyl adjacent to an activating group) is 1. The number of aromatic nitrogens is 3. The van der Waals surface area contributed by atoms with E-state index < -0.39 is 0 Å². The van der Waals surface area contributed by atoms with E-state index >= 15 is 0 Å². The van der Waals surface area contributed by atoms with E-state index in [4.69, 9.17) is 15.0 Å². The Morgan fingerprint density at radius 2 is 1.63 bits per heavy atom. The first kappa shape index (κ1) is 27.2. The standard InChI is InChI=1S/C30H26BrN7O2S/c1-36-14-16-37(17-15-36)29-33-27(34-30(35-29)40-25-12-2-20(18-32)3-13-25)21-6-10-24(11-7-21)38-26(39)19-41-28(38)22-4-8-23(31)9-5-22/h2-13,28H,14-17,19H2,1H3. The molecule has 3 heterocycles. The van der Waals surface area contributed by atoms with Crippen LogP contribution in [-0.4, -0.2) is 64.7 Å². The monoisotopic (exact) mass is 627 g/mol. The number of benzene rings is 3. The third-order valence-corrected chi connectivity index (χ3v) is 8.75. The molecule has 0 N–H and O–H groups in total. The van der Waals surface area contributed by atoms with Gasteiger partial charge in [-0.2, -0.15) is 20.2 Å². The zero-order valence-electron chi connectivity index (χ0n) is 22.3. The third-order valence-electron chi connectivity index (χ3n) is 7.01. The molecule has 206 valence electrons. The molecule has 1 aromatic heterocycles. The van der Waals surface area contributed by atoms with Crippen LogP contribution in [0, 0.1) is 11.3 Å². The van der Waals surface area contributed by atoms with E-state index in [0.717, 1.165) is 47.5 Å². The highest BCUT2D eigenvalue weighted by atomic mass is 79.9. The van der Waals surface area contributed by atoms with E-state index in [1.165, 1.54) is 0 Å². The van der Waals surface area contributed by atoms with Gasteiger partial charge < -0.3 is 14.5 Å². The van der Waals surface area contributed by atoms with Crippen LogP contribution < -0.4 is 14.5 Å². The summed E-state index contributed by atoms with van der Waals surface area (Å²) in [4.78, 5) is 33.2. The molecule has 2 fully saturated rings. The summed E-state index contributed by atoms with van der Waals surface area (Å²) in [6.07, 6.45) is 0. The number of carbonyl (C=O) groups is 1. The molecule has 4 aromatic rings. The molecule has 2 aliphatic rings. The Hall–Kier alpha value is -3.98. The van der Waals surface area contributed by atoms with Crippen LogP contribution in [0.1, 0.15) is 16.5 Å². The fourth-order valence-corrected chi connectivity index (χ4v) is 6.16. The lowest BCUT2D eigenvalue weighted by Crippen LogP contribution is -2.45. The molecule has 11 heteroatoms. The van der Waals surface area contributed by atoms with E-state index in [9.17, 15) is 4.79 Å². The first-order chi connectivity index (χ1) is 20.0. The van der Waals surface area contributed by atoms with Gasteiger partial charge in [-0.1, -0.05) is 28.1 Å². The molecule has 6 rings (SSSR count). The van der Waals surface area contributed by atoms with Gasteiger partial charge in [0.15, 0.2) is 5.82 Å². The van der Waals surface area contributed by atoms with E-state index in [0.29, 0.717) is 28.8 Å². The molecular formula is C30H26BrN7O2S. The van der Waals surface area contributed by atoms with Crippen LogP contribution in [0.3, 0.4) is 0 Å². The summed E-state index contributed by atoms with van der Waals surface area (Å²) in [6.45, 7) is 3.40. The van der Waals surface area contributed by atoms with Crippen LogP contribution in [0.4, 0.5) is 11.6 Å². The molecule has 1 atom stereocenters. The number of anilines is 2. The average molecular weight is 629 g/mol. The second-order valence-electron chi connectivity index (χ2n) is 9.80. The van der Waals surface area contributed by atoms with Crippen LogP contribution in [-0.2, 0) is 4.79 Å². The van der Waals surface area contributed by atoms with Gasteiger partial charge in [0.2, 0.25) is 11.9 Å². The SMILES string of the molecule is CN1CCN(c2nc(Oc3ccc(C#N)cc3)nc(-c3ccc(N4C(=O)CSC4c4ccc(Br)cc4)cc3)n2)CC1. The van der Waals surface area contributed by atoms with Crippen molar-refractivity contribution in [1.82, 2.24) is 19.9 Å². The topological polar surface area (TPSA) is 98.5 Å². The largest absolute Gasteiger partial charge is 0.424 e. The number of thioether (sulfide) groups is 1. The Balaban J connectivity index is 1.30. The van der Waals surface area contributed by atoms with E-state index in [1.807, 2.05) is 53.4 Å². The number of rotatable bonds is 6. The Morgan fingerprint density at radius 1 is 0.927 bits per heavy atom. The molecule has 1 unspecified atom stereocenters. The number of amides is 1. The van der Waals surface area contributed by atoms with Crippen molar-refractivity contribution in [3.8, 4) is 29.2 Å². The van der Waals surface area contributed by atoms with Gasteiger partial charge in [-0.15, -0.1) is 11.8 Å². The molecule has 0 saturated carbocycles. The van der Waals surface area contributed by atoms with E-state index in [-0.39, 0.29) is 17.3 Å². The molecule has 0 radical (unpaired) electrons. The van der Waals surface area contributed by atoms with E-state index in [1.54, 1.807) is 36.0 Å². The van der Waals surface area contributed by atoms with E-state index in [2.05, 4.69) is 48.8 Å². The van der Waals surface area contributed by atoms with Crippen LogP contribution in [0.25, 0.3) is 11.4 Å². The van der Waals surface area contributed by atoms with Crippen molar-refractivity contribution in [2.75, 3.05) is 48.8 Å². The summed E-state index contributed by atoms with van der Waals surface area (Å²) < 4.78 is 7.02. The highest BCUT2D eigenvalue weighted by Crippen LogP contribution is 2.42. The maximum absolute atomic E-state index is 12.9. The Labute approximate surface area is 250 Å². The Bertz CT molecular complexity index is 1590. The number of hydrogen-bond acceptors (Lipinski definition) is 9. The molecule has 2 aliphatic heterocycles. The summed E-state index contributed by atoms with van der Waals surface area (Å²) in [5.41, 5.74) is 3.23. The lowest BCUT2D eigenvalue weighted by molar-refractivity contribution is -0.115. The zero-order chi connectivity index (χ0) is 28.3. The van der Waals surface area contributed by atoms with Gasteiger partial charge in [-0.05, 0) is 73.3 Å². The van der Waals surface area contributed by atoms with Gasteiger partial charge in [-0.25, -0.2) is 0 Å². The Kier molecular flexibility index (Phi) is 7.87. The van der Waals surface area contributed by atoms with Crippen molar-refractivity contribution in [2.45, 2.75) is 5.37 Å². The molecular weight excluding hydrogens is 602 g/mol. The number of nitrogens with zero attached hydrogens (tertiary/aromatic N) is 7. The summed E-state index contributed by atoms with van der Waals surface area (Å²) >= 11 is 5.11. The minimum Gasteiger partial charge on any atom is -0.424 e. The minimum absolute atomic E-state index is 0.0753. The normalized spacial score (nSPS) is 17.5. The van der Waals surface area contributed by atoms with Crippen LogP contribution in [0.15, 0.2) is 77.3 Å². The molecule has 0 spiro atoms. The zero-order valence-corrected chi connectivity index (χ0v) is 24.7. The fourth-order valence-electron chi connectivity index (χ4n) is 4.72. The molecule has 3 aromatic carbocycles. The van der Waals surface area contributed by atoms with Gasteiger partial charge >= 0.3 is 6.01 Å². The molecule has 2 saturated heterocycles. The molecule has 1 amide bonds. The quantitative estimate of drug-likeness (QED) is 0.274. The number of nitriles is 1. The van der Waals surface area contributed by atoms with Crippen molar-refractivity contribution in [3.05, 3.63) is 88.4 Å². The van der Waals surface area contributed by atoms with Crippen molar-refractivity contribution >= 4 is 45.2 Å². The highest BCUT2D eigenvalue weighted by Gasteiger charge is 2.34. The minimum atomic E-state index is -0.0881. The van der Waals surface area contributed by atoms with Gasteiger partial charge in [-0.3, -0.25) is 9.69 Å². The number of hydrogen-bond donors (Lipinski definition) is 0. The number of halogens is 1. The average Bonchev–Trinajstić information content (AvgIpc) is 3.39. The number of piperazine rings is 1. The van der Waals surface area contributed by atoms with Crippen molar-refractivity contribution in [1.29, 1.82) is 5.26 Å². The molecule has 0 bridgehead atoms. The smallest absolute Gasteiger partial charge is 0.327 e. The first-order valence-electron chi connectivity index (χ1n) is 13.1. The number of ether oxygens (including phenoxy) is 1. The second-order valence-corrected chi connectivity index (χ2v) is 11.8. The maximum Gasteiger partial charge on any atom is 0.327 e. The van der Waals surface area contributed by atoms with Crippen LogP contribution >= 0.6 is 27.7 Å². The highest BCUT2D eigenvalue weighted by molar-refractivity contribution is 9.10. The Morgan fingerprint density at radius 3 is 2.32 bits per heavy atom. The predicted molar refractivity (Wildman–Crippen MR) is 163 cm³/mol. The van der Waals surface area contributed by atoms with Gasteiger partial charge in [0.1, 0.15) is 11.1 Å². The van der Waals surface area contributed by atoms with Crippen LogP contribution in [0.2, 0.25) is 0 Å². The molecule has 41 heavy (non-hydrogen) atoms. The fraction of sp³-hybridized carbons (Fsp3) is 0.233. The van der Waals surface area contributed by atoms with Crippen molar-refractivity contribution in [2.24, 2.45) is 0 Å². The third kappa shape index (κ3) is 6.05. The summed E-state index contributed by atoms with van der Waals surface area (Å²) in [5.74, 6) is 2.07. The number of carbonyl (C=O) groups excluding carboxylic acids is 1. The molecule has 0 aliphatic carbocycles. The van der Waals surface area contributed by atoms with Crippen molar-refractivity contribution in [3.63, 3.8) is 0 Å². The van der Waals surface area contributed by atoms with Gasteiger partial charge in [0.25, 0.3) is 0 Å².